The molecule has 1 heterocycles. The molecule has 0 fully saturated rings. The molecule has 2 rings (SSSR count). The third-order valence-corrected chi connectivity index (χ3v) is 3.22. The Morgan fingerprint density at radius 3 is 2.58 bits per heavy atom. The molecule has 1 aromatic carbocycles. The fourth-order valence-corrected chi connectivity index (χ4v) is 2.15. The molecule has 0 bridgehead atoms. The maximum atomic E-state index is 6.21. The molecule has 100 valence electrons. The van der Waals surface area contributed by atoms with Crippen LogP contribution in [0.15, 0.2) is 30.5 Å². The van der Waals surface area contributed by atoms with Crippen molar-refractivity contribution in [1.82, 2.24) is 4.98 Å². The number of rotatable bonds is 3. The van der Waals surface area contributed by atoms with Crippen LogP contribution in [0.5, 0.6) is 5.75 Å². The molecule has 2 aromatic rings. The Balaban J connectivity index is 2.49. The van der Waals surface area contributed by atoms with Crippen molar-refractivity contribution in [2.45, 2.75) is 6.04 Å². The lowest BCUT2D eigenvalue weighted by molar-refractivity contribution is 0.408. The zero-order chi connectivity index (χ0) is 14.0. The van der Waals surface area contributed by atoms with Crippen LogP contribution in [0.1, 0.15) is 17.2 Å². The number of nitrogens with two attached hydrogens (primary N) is 2. The van der Waals surface area contributed by atoms with E-state index >= 15 is 0 Å². The van der Waals surface area contributed by atoms with E-state index < -0.39 is 6.04 Å². The van der Waals surface area contributed by atoms with Crippen LogP contribution in [0, 0.1) is 0 Å². The van der Waals surface area contributed by atoms with Crippen LogP contribution < -0.4 is 16.2 Å². The van der Waals surface area contributed by atoms with E-state index in [9.17, 15) is 0 Å². The molecule has 1 aromatic heterocycles. The van der Waals surface area contributed by atoms with Gasteiger partial charge >= 0.3 is 0 Å². The molecule has 0 saturated heterocycles. The zero-order valence-corrected chi connectivity index (χ0v) is 11.7. The van der Waals surface area contributed by atoms with E-state index in [1.807, 2.05) is 0 Å². The van der Waals surface area contributed by atoms with Crippen molar-refractivity contribution in [3.8, 4) is 5.75 Å². The van der Waals surface area contributed by atoms with Gasteiger partial charge in [-0.15, -0.1) is 0 Å². The van der Waals surface area contributed by atoms with E-state index in [2.05, 4.69) is 4.98 Å². The fourth-order valence-electron chi connectivity index (χ4n) is 1.82. The number of aromatic nitrogens is 1. The van der Waals surface area contributed by atoms with Gasteiger partial charge in [0.15, 0.2) is 0 Å². The molecule has 19 heavy (non-hydrogen) atoms. The van der Waals surface area contributed by atoms with Crippen LogP contribution >= 0.6 is 23.2 Å². The first-order chi connectivity index (χ1) is 9.02. The number of hydrogen-bond donors (Lipinski definition) is 2. The number of pyridine rings is 1. The average molecular weight is 298 g/mol. The minimum absolute atomic E-state index is 0.342. The molecule has 0 aliphatic rings. The molecule has 1 atom stereocenters. The second-order valence-corrected chi connectivity index (χ2v) is 4.86. The van der Waals surface area contributed by atoms with Gasteiger partial charge in [0.05, 0.1) is 18.2 Å². The Morgan fingerprint density at radius 2 is 1.89 bits per heavy atom. The summed E-state index contributed by atoms with van der Waals surface area (Å²) in [5, 5.41) is 1.05. The molecule has 0 aliphatic heterocycles. The quantitative estimate of drug-likeness (QED) is 0.913. The Morgan fingerprint density at radius 1 is 1.16 bits per heavy atom. The van der Waals surface area contributed by atoms with E-state index in [-0.39, 0.29) is 0 Å². The topological polar surface area (TPSA) is 74.2 Å². The molecule has 0 radical (unpaired) electrons. The number of nitrogen functional groups attached to an aromatic ring is 1. The summed E-state index contributed by atoms with van der Waals surface area (Å²) in [7, 11) is 1.56. The molecule has 6 heteroatoms. The minimum atomic E-state index is -0.488. The van der Waals surface area contributed by atoms with Crippen LogP contribution in [-0.2, 0) is 0 Å². The van der Waals surface area contributed by atoms with Crippen molar-refractivity contribution in [3.63, 3.8) is 0 Å². The average Bonchev–Trinajstić information content (AvgIpc) is 2.40. The summed E-state index contributed by atoms with van der Waals surface area (Å²) in [5.74, 6) is 0.938. The van der Waals surface area contributed by atoms with Crippen LogP contribution in [-0.4, -0.2) is 12.1 Å². The molecule has 0 amide bonds. The fraction of sp³-hybridized carbons (Fsp3) is 0.154. The van der Waals surface area contributed by atoms with Crippen molar-refractivity contribution >= 4 is 29.0 Å². The minimum Gasteiger partial charge on any atom is -0.496 e. The number of benzene rings is 1. The van der Waals surface area contributed by atoms with E-state index in [1.165, 1.54) is 6.20 Å². The summed E-state index contributed by atoms with van der Waals surface area (Å²) in [4.78, 5) is 4.00. The lowest BCUT2D eigenvalue weighted by atomic mass is 9.99. The van der Waals surface area contributed by atoms with Crippen LogP contribution in [0.3, 0.4) is 0 Å². The highest BCUT2D eigenvalue weighted by atomic mass is 35.5. The number of methoxy groups -OCH3 is 1. The highest BCUT2D eigenvalue weighted by molar-refractivity contribution is 6.31. The zero-order valence-electron chi connectivity index (χ0n) is 10.2. The number of ether oxygens (including phenoxy) is 1. The predicted molar refractivity (Wildman–Crippen MR) is 77.7 cm³/mol. The van der Waals surface area contributed by atoms with Gasteiger partial charge in [0.25, 0.3) is 0 Å². The van der Waals surface area contributed by atoms with Crippen molar-refractivity contribution in [2.75, 3.05) is 12.8 Å². The second kappa shape index (κ2) is 5.65. The van der Waals surface area contributed by atoms with Crippen LogP contribution in [0.4, 0.5) is 5.82 Å². The normalized spacial score (nSPS) is 12.2. The van der Waals surface area contributed by atoms with Gasteiger partial charge in [-0.2, -0.15) is 0 Å². The van der Waals surface area contributed by atoms with Crippen molar-refractivity contribution < 1.29 is 4.74 Å². The van der Waals surface area contributed by atoms with Gasteiger partial charge in [-0.05, 0) is 18.2 Å². The SMILES string of the molecule is COc1cc(Cl)ccc1C(N)c1cc(Cl)cnc1N. The summed E-state index contributed by atoms with van der Waals surface area (Å²) >= 11 is 11.8. The van der Waals surface area contributed by atoms with Crippen molar-refractivity contribution in [1.29, 1.82) is 0 Å². The monoisotopic (exact) mass is 297 g/mol. The van der Waals surface area contributed by atoms with Gasteiger partial charge in [-0.25, -0.2) is 4.98 Å². The number of anilines is 1. The molecule has 0 saturated carbocycles. The predicted octanol–water partition coefficient (Wildman–Crippen LogP) is 3.03. The molecular formula is C13H13Cl2N3O. The Bertz CT molecular complexity index is 604. The Kier molecular flexibility index (Phi) is 4.14. The van der Waals surface area contributed by atoms with Crippen molar-refractivity contribution in [2.24, 2.45) is 5.73 Å². The Hall–Kier alpha value is -1.49. The first-order valence-electron chi connectivity index (χ1n) is 5.53. The van der Waals surface area contributed by atoms with Crippen molar-refractivity contribution in [3.05, 3.63) is 51.6 Å². The number of nitrogens with zero attached hydrogens (tertiary/aromatic N) is 1. The lowest BCUT2D eigenvalue weighted by Crippen LogP contribution is -2.15. The highest BCUT2D eigenvalue weighted by Gasteiger charge is 2.17. The standard InChI is InChI=1S/C13H13Cl2N3O/c1-19-11-5-7(14)2-3-9(11)12(16)10-4-8(15)6-18-13(10)17/h2-6,12H,16H2,1H3,(H2,17,18). The first kappa shape index (κ1) is 13.9. The van der Waals surface area contributed by atoms with E-state index in [0.29, 0.717) is 27.2 Å². The summed E-state index contributed by atoms with van der Waals surface area (Å²) < 4.78 is 5.28. The van der Waals surface area contributed by atoms with Crippen LogP contribution in [0.2, 0.25) is 10.0 Å². The Labute approximate surface area is 121 Å². The highest BCUT2D eigenvalue weighted by Crippen LogP contribution is 2.33. The van der Waals surface area contributed by atoms with E-state index in [4.69, 9.17) is 39.4 Å². The number of halogens is 2. The summed E-state index contributed by atoms with van der Waals surface area (Å²) in [6.07, 6.45) is 1.48. The summed E-state index contributed by atoms with van der Waals surface area (Å²) in [5.41, 5.74) is 13.5. The van der Waals surface area contributed by atoms with Gasteiger partial charge in [0, 0.05) is 22.3 Å². The second-order valence-electron chi connectivity index (χ2n) is 3.99. The lowest BCUT2D eigenvalue weighted by Gasteiger charge is -2.17. The summed E-state index contributed by atoms with van der Waals surface area (Å²) in [6.45, 7) is 0. The smallest absolute Gasteiger partial charge is 0.128 e. The van der Waals surface area contributed by atoms with Gasteiger partial charge in [-0.3, -0.25) is 0 Å². The number of hydrogen-bond acceptors (Lipinski definition) is 4. The third kappa shape index (κ3) is 2.92. The molecular weight excluding hydrogens is 285 g/mol. The van der Waals surface area contributed by atoms with Gasteiger partial charge in [-0.1, -0.05) is 29.3 Å². The van der Waals surface area contributed by atoms with Gasteiger partial charge < -0.3 is 16.2 Å². The third-order valence-electron chi connectivity index (χ3n) is 2.78. The van der Waals surface area contributed by atoms with Gasteiger partial charge in [0.1, 0.15) is 11.6 Å². The maximum absolute atomic E-state index is 6.21. The molecule has 0 aliphatic carbocycles. The van der Waals surface area contributed by atoms with Crippen LogP contribution in [0.25, 0.3) is 0 Å². The van der Waals surface area contributed by atoms with E-state index in [1.54, 1.807) is 31.4 Å². The first-order valence-corrected chi connectivity index (χ1v) is 6.28. The molecule has 1 unspecified atom stereocenters. The van der Waals surface area contributed by atoms with Gasteiger partial charge in [0.2, 0.25) is 0 Å². The molecule has 0 spiro atoms. The molecule has 4 N–H and O–H groups in total. The summed E-state index contributed by atoms with van der Waals surface area (Å²) in [6, 6.07) is 6.45. The largest absolute Gasteiger partial charge is 0.496 e. The van der Waals surface area contributed by atoms with E-state index in [0.717, 1.165) is 5.56 Å². The molecule has 4 nitrogen and oxygen atoms in total. The maximum Gasteiger partial charge on any atom is 0.128 e.